The first-order valence-electron chi connectivity index (χ1n) is 18.8. The second-order valence-corrected chi connectivity index (χ2v) is 17.3. The molecule has 0 radical (unpaired) electrons. The van der Waals surface area contributed by atoms with E-state index in [1.54, 1.807) is 33.4 Å². The molecule has 8 bridgehead atoms. The molecule has 4 unspecified atom stereocenters. The highest BCUT2D eigenvalue weighted by molar-refractivity contribution is 5.77. The first-order valence-corrected chi connectivity index (χ1v) is 18.8. The highest BCUT2D eigenvalue weighted by Gasteiger charge is 2.59. The molecule has 2 aromatic rings. The van der Waals surface area contributed by atoms with Crippen molar-refractivity contribution < 1.29 is 0 Å². The third kappa shape index (κ3) is 4.15. The van der Waals surface area contributed by atoms with Crippen LogP contribution < -0.4 is 0 Å². The Labute approximate surface area is 273 Å². The van der Waals surface area contributed by atoms with E-state index in [9.17, 15) is 0 Å². The number of hydrogen-bond acceptors (Lipinski definition) is 0. The van der Waals surface area contributed by atoms with Crippen LogP contribution in [0.15, 0.2) is 84.0 Å². The zero-order chi connectivity index (χ0) is 30.6. The van der Waals surface area contributed by atoms with E-state index >= 15 is 0 Å². The molecule has 4 atom stereocenters. The van der Waals surface area contributed by atoms with Crippen LogP contribution in [-0.4, -0.2) is 0 Å². The molecule has 0 spiro atoms. The van der Waals surface area contributed by atoms with Gasteiger partial charge in [-0.3, -0.25) is 0 Å². The van der Waals surface area contributed by atoms with Crippen molar-refractivity contribution in [2.24, 2.45) is 40.4 Å². The Kier molecular flexibility index (Phi) is 6.48. The molecule has 0 aliphatic heterocycles. The van der Waals surface area contributed by atoms with E-state index in [4.69, 9.17) is 0 Å². The fourth-order valence-electron chi connectivity index (χ4n) is 14.1. The Morgan fingerprint density at radius 2 is 1.22 bits per heavy atom. The first-order chi connectivity index (χ1) is 21.9. The molecule has 8 saturated carbocycles. The predicted octanol–water partition coefficient (Wildman–Crippen LogP) is 12.1. The maximum Gasteiger partial charge on any atom is -0.00132 e. The Balaban J connectivity index is 1.00. The highest BCUT2D eigenvalue weighted by atomic mass is 14.6. The molecule has 0 nitrogen and oxygen atoms in total. The van der Waals surface area contributed by atoms with Crippen LogP contribution in [0.5, 0.6) is 0 Å². The van der Waals surface area contributed by atoms with Crippen LogP contribution in [0.4, 0.5) is 0 Å². The van der Waals surface area contributed by atoms with E-state index < -0.39 is 0 Å². The fourth-order valence-corrected chi connectivity index (χ4v) is 14.1. The van der Waals surface area contributed by atoms with Crippen LogP contribution in [0.3, 0.4) is 0 Å². The SMILES string of the molecule is C/C=C\C(=C/C)C12CC3CC(C1)C(c1ccc4c(c1)Cc1cc(C56CC7CC(CC(C(/C=C\C)=C/C)(C7)C5)C6)ccc1-4)C(C3)C2. The summed E-state index contributed by atoms with van der Waals surface area (Å²) in [5, 5.41) is 0. The van der Waals surface area contributed by atoms with Crippen molar-refractivity contribution in [3.63, 3.8) is 0 Å². The van der Waals surface area contributed by atoms with Gasteiger partial charge in [0.05, 0.1) is 0 Å². The molecule has 0 aromatic heterocycles. The van der Waals surface area contributed by atoms with Gasteiger partial charge in [0.2, 0.25) is 0 Å². The Bertz CT molecular complexity index is 1620. The van der Waals surface area contributed by atoms with Crippen molar-refractivity contribution in [1.82, 2.24) is 0 Å². The zero-order valence-electron chi connectivity index (χ0n) is 28.4. The average molecular weight is 595 g/mol. The standard InChI is InChI=1S/C45H54/c1-5-9-37(7-3)43-21-29-16-35(26-43)42(36(17-29)27-43)32-11-13-40-33(18-32)19-34-20-39(12-14-41(34)40)45-24-30-15-31(25-45)23-44(22-30,28-45)38(8-4)10-6-2/h5-14,18,20,29-31,35-36,42H,15-17,19,21-28H2,1-4H3/b9-5-,10-6-,37-7+,38-8+. The van der Waals surface area contributed by atoms with Gasteiger partial charge in [0, 0.05) is 0 Å². The maximum absolute atomic E-state index is 2.70. The number of rotatable bonds is 6. The van der Waals surface area contributed by atoms with Crippen molar-refractivity contribution in [1.29, 1.82) is 0 Å². The summed E-state index contributed by atoms with van der Waals surface area (Å²) < 4.78 is 0. The molecule has 9 aliphatic carbocycles. The van der Waals surface area contributed by atoms with Gasteiger partial charge < -0.3 is 0 Å². The highest BCUT2D eigenvalue weighted by Crippen LogP contribution is 2.69. The zero-order valence-corrected chi connectivity index (χ0v) is 28.4. The van der Waals surface area contributed by atoms with E-state index in [-0.39, 0.29) is 0 Å². The number of benzene rings is 2. The molecule has 2 aromatic carbocycles. The van der Waals surface area contributed by atoms with Crippen molar-refractivity contribution in [2.75, 3.05) is 0 Å². The van der Waals surface area contributed by atoms with Gasteiger partial charge >= 0.3 is 0 Å². The van der Waals surface area contributed by atoms with Gasteiger partial charge in [-0.25, -0.2) is 0 Å². The first kappa shape index (κ1) is 28.6. The van der Waals surface area contributed by atoms with Gasteiger partial charge in [0.15, 0.2) is 0 Å². The minimum absolute atomic E-state index is 0.379. The smallest absolute Gasteiger partial charge is 0.00132 e. The maximum atomic E-state index is 2.70. The van der Waals surface area contributed by atoms with Gasteiger partial charge in [0.25, 0.3) is 0 Å². The normalized spacial score (nSPS) is 41.1. The lowest BCUT2D eigenvalue weighted by Crippen LogP contribution is -2.54. The number of hydrogen-bond donors (Lipinski definition) is 0. The predicted molar refractivity (Wildman–Crippen MR) is 189 cm³/mol. The van der Waals surface area contributed by atoms with Crippen molar-refractivity contribution in [3.05, 3.63) is 106 Å². The van der Waals surface area contributed by atoms with Crippen molar-refractivity contribution in [2.45, 2.75) is 116 Å². The van der Waals surface area contributed by atoms with E-state index in [2.05, 4.69) is 101 Å². The summed E-state index contributed by atoms with van der Waals surface area (Å²) in [7, 11) is 0. The molecular formula is C45H54. The van der Waals surface area contributed by atoms with Crippen molar-refractivity contribution in [3.8, 4) is 11.1 Å². The molecule has 234 valence electrons. The second kappa shape index (κ2) is 10.2. The Morgan fingerprint density at radius 1 is 0.622 bits per heavy atom. The van der Waals surface area contributed by atoms with Crippen LogP contribution in [-0.2, 0) is 11.8 Å². The van der Waals surface area contributed by atoms with Crippen LogP contribution in [0.1, 0.15) is 126 Å². The molecule has 0 N–H and O–H groups in total. The molecule has 0 saturated heterocycles. The van der Waals surface area contributed by atoms with Gasteiger partial charge in [-0.1, -0.05) is 72.9 Å². The lowest BCUT2D eigenvalue weighted by Gasteiger charge is -2.63. The molecule has 8 fully saturated rings. The molecule has 0 amide bonds. The molecule has 45 heavy (non-hydrogen) atoms. The largest absolute Gasteiger partial charge is 0.0874 e. The number of allylic oxidation sites excluding steroid dienone is 8. The third-order valence-corrected chi connectivity index (χ3v) is 14.8. The summed E-state index contributed by atoms with van der Waals surface area (Å²) >= 11 is 0. The van der Waals surface area contributed by atoms with Gasteiger partial charge in [-0.2, -0.15) is 0 Å². The van der Waals surface area contributed by atoms with E-state index in [1.807, 2.05) is 0 Å². The van der Waals surface area contributed by atoms with E-state index in [1.165, 1.54) is 81.8 Å². The molecule has 11 rings (SSSR count). The fraction of sp³-hybridized carbons (Fsp3) is 0.556. The van der Waals surface area contributed by atoms with E-state index in [0.717, 1.165) is 41.9 Å². The molecular weight excluding hydrogens is 540 g/mol. The third-order valence-electron chi connectivity index (χ3n) is 14.8. The Morgan fingerprint density at radius 3 is 1.87 bits per heavy atom. The topological polar surface area (TPSA) is 0 Å². The lowest BCUT2D eigenvalue weighted by atomic mass is 9.41. The van der Waals surface area contributed by atoms with Crippen molar-refractivity contribution >= 4 is 0 Å². The lowest BCUT2D eigenvalue weighted by molar-refractivity contribution is -0.0500. The van der Waals surface area contributed by atoms with Crippen LogP contribution >= 0.6 is 0 Å². The van der Waals surface area contributed by atoms with Crippen LogP contribution in [0.25, 0.3) is 11.1 Å². The summed E-state index contributed by atoms with van der Waals surface area (Å²) in [6.45, 7) is 8.96. The summed E-state index contributed by atoms with van der Waals surface area (Å²) in [6.07, 6.45) is 31.2. The quantitative estimate of drug-likeness (QED) is 0.249. The summed E-state index contributed by atoms with van der Waals surface area (Å²) in [6, 6.07) is 15.6. The molecule has 0 heteroatoms. The monoisotopic (exact) mass is 594 g/mol. The van der Waals surface area contributed by atoms with Gasteiger partial charge in [0.1, 0.15) is 0 Å². The summed E-state index contributed by atoms with van der Waals surface area (Å²) in [4.78, 5) is 0. The van der Waals surface area contributed by atoms with E-state index in [0.29, 0.717) is 16.2 Å². The molecule has 9 aliphatic rings. The molecule has 0 heterocycles. The van der Waals surface area contributed by atoms with Crippen LogP contribution in [0.2, 0.25) is 0 Å². The average Bonchev–Trinajstić information content (AvgIpc) is 3.38. The Hall–Kier alpha value is -2.60. The minimum atomic E-state index is 0.379. The van der Waals surface area contributed by atoms with Gasteiger partial charge in [-0.05, 0) is 201 Å². The second-order valence-electron chi connectivity index (χ2n) is 17.3. The van der Waals surface area contributed by atoms with Crippen LogP contribution in [0, 0.1) is 40.4 Å². The minimum Gasteiger partial charge on any atom is -0.0874 e. The van der Waals surface area contributed by atoms with Gasteiger partial charge in [-0.15, -0.1) is 0 Å². The number of fused-ring (bicyclic) bond motifs is 3. The summed E-state index contributed by atoms with van der Waals surface area (Å²) in [5.74, 6) is 5.24. The summed E-state index contributed by atoms with van der Waals surface area (Å²) in [5.41, 5.74) is 14.1.